The molecule has 0 fully saturated rings. The van der Waals surface area contributed by atoms with E-state index < -0.39 is 0 Å². The molecule has 0 bridgehead atoms. The molecule has 0 radical (unpaired) electrons. The molecule has 0 saturated carbocycles. The van der Waals surface area contributed by atoms with Crippen molar-refractivity contribution in [1.82, 2.24) is 4.98 Å². The van der Waals surface area contributed by atoms with Gasteiger partial charge in [-0.3, -0.25) is 4.79 Å². The van der Waals surface area contributed by atoms with Crippen LogP contribution >= 0.6 is 27.3 Å². The first-order chi connectivity index (χ1) is 11.4. The van der Waals surface area contributed by atoms with Crippen molar-refractivity contribution in [3.05, 3.63) is 44.9 Å². The average molecular weight is 406 g/mol. The van der Waals surface area contributed by atoms with Gasteiger partial charge in [0, 0.05) is 15.5 Å². The number of nitrogens with zero attached hydrogens (tertiary/aromatic N) is 1. The molecule has 2 aromatic heterocycles. The van der Waals surface area contributed by atoms with E-state index in [4.69, 9.17) is 10.5 Å². The molecule has 5 nitrogen and oxygen atoms in total. The fraction of sp³-hybridized carbons (Fsp3) is 0.176. The van der Waals surface area contributed by atoms with Gasteiger partial charge in [0.25, 0.3) is 5.91 Å². The van der Waals surface area contributed by atoms with Gasteiger partial charge in [-0.15, -0.1) is 11.3 Å². The highest BCUT2D eigenvalue weighted by Gasteiger charge is 2.20. The Morgan fingerprint density at radius 2 is 1.96 bits per heavy atom. The van der Waals surface area contributed by atoms with Crippen molar-refractivity contribution in [1.29, 1.82) is 0 Å². The number of halogens is 1. The number of aryl methyl sites for hydroxylation is 2. The highest BCUT2D eigenvalue weighted by molar-refractivity contribution is 9.10. The molecule has 0 unspecified atom stereocenters. The van der Waals surface area contributed by atoms with Crippen LogP contribution in [0.25, 0.3) is 10.2 Å². The fourth-order valence-electron chi connectivity index (χ4n) is 2.49. The van der Waals surface area contributed by atoms with Crippen LogP contribution in [0, 0.1) is 13.8 Å². The van der Waals surface area contributed by atoms with Gasteiger partial charge in [0.15, 0.2) is 0 Å². The van der Waals surface area contributed by atoms with Gasteiger partial charge < -0.3 is 15.8 Å². The maximum Gasteiger partial charge on any atom is 0.267 e. The lowest BCUT2D eigenvalue weighted by Gasteiger charge is -2.06. The molecular formula is C17H16BrN3O2S. The number of methoxy groups -OCH3 is 1. The minimum atomic E-state index is -0.242. The number of rotatable bonds is 3. The number of carbonyl (C=O) groups excluding carboxylic acids is 1. The van der Waals surface area contributed by atoms with E-state index in [1.54, 1.807) is 31.4 Å². The first kappa shape index (κ1) is 16.7. The van der Waals surface area contributed by atoms with Crippen LogP contribution in [0.15, 0.2) is 28.7 Å². The van der Waals surface area contributed by atoms with Crippen LogP contribution in [0.2, 0.25) is 0 Å². The van der Waals surface area contributed by atoms with Gasteiger partial charge in [0.2, 0.25) is 0 Å². The second kappa shape index (κ2) is 6.41. The third-order valence-corrected chi connectivity index (χ3v) is 6.04. The molecule has 0 spiro atoms. The molecule has 0 saturated heterocycles. The third kappa shape index (κ3) is 2.85. The smallest absolute Gasteiger partial charge is 0.267 e. The second-order valence-corrected chi connectivity index (χ2v) is 7.14. The number of nitrogens with two attached hydrogens (primary N) is 1. The number of aromatic nitrogens is 1. The maximum absolute atomic E-state index is 12.6. The molecule has 0 aliphatic rings. The quantitative estimate of drug-likeness (QED) is 0.671. The number of nitrogens with one attached hydrogen (secondary N) is 1. The van der Waals surface area contributed by atoms with Crippen LogP contribution in [0.4, 0.5) is 11.4 Å². The summed E-state index contributed by atoms with van der Waals surface area (Å²) >= 11 is 4.82. The summed E-state index contributed by atoms with van der Waals surface area (Å²) in [5, 5.41) is 3.69. The minimum absolute atomic E-state index is 0.242. The summed E-state index contributed by atoms with van der Waals surface area (Å²) in [7, 11) is 1.60. The Morgan fingerprint density at radius 3 is 2.58 bits per heavy atom. The summed E-state index contributed by atoms with van der Waals surface area (Å²) < 4.78 is 6.03. The minimum Gasteiger partial charge on any atom is -0.497 e. The van der Waals surface area contributed by atoms with Gasteiger partial charge in [-0.25, -0.2) is 4.98 Å². The molecule has 3 aromatic rings. The number of anilines is 2. The zero-order valence-electron chi connectivity index (χ0n) is 13.4. The zero-order valence-corrected chi connectivity index (χ0v) is 15.8. The Balaban J connectivity index is 1.97. The lowest BCUT2D eigenvalue weighted by molar-refractivity contribution is 0.103. The Morgan fingerprint density at radius 1 is 1.29 bits per heavy atom. The Labute approximate surface area is 152 Å². The molecule has 3 N–H and O–H groups in total. The molecule has 0 aliphatic heterocycles. The monoisotopic (exact) mass is 405 g/mol. The van der Waals surface area contributed by atoms with Crippen molar-refractivity contribution in [3.8, 4) is 5.75 Å². The molecule has 0 atom stereocenters. The van der Waals surface area contributed by atoms with Crippen LogP contribution in [0.1, 0.15) is 20.9 Å². The summed E-state index contributed by atoms with van der Waals surface area (Å²) in [6, 6.07) is 7.14. The predicted octanol–water partition coefficient (Wildman–Crippen LogP) is 4.52. The Hall–Kier alpha value is -2.12. The van der Waals surface area contributed by atoms with E-state index in [1.807, 2.05) is 13.8 Å². The highest BCUT2D eigenvalue weighted by atomic mass is 79.9. The number of benzene rings is 1. The Bertz CT molecular complexity index is 935. The molecule has 1 aromatic carbocycles. The summed E-state index contributed by atoms with van der Waals surface area (Å²) in [6.45, 7) is 3.89. The van der Waals surface area contributed by atoms with E-state index in [0.717, 1.165) is 31.7 Å². The van der Waals surface area contributed by atoms with Gasteiger partial charge >= 0.3 is 0 Å². The number of fused-ring (bicyclic) bond motifs is 1. The normalized spacial score (nSPS) is 10.8. The highest BCUT2D eigenvalue weighted by Crippen LogP contribution is 2.38. The van der Waals surface area contributed by atoms with E-state index in [2.05, 4.69) is 26.2 Å². The van der Waals surface area contributed by atoms with Crippen LogP contribution in [0.3, 0.4) is 0 Å². The van der Waals surface area contributed by atoms with Crippen LogP contribution in [0.5, 0.6) is 5.75 Å². The van der Waals surface area contributed by atoms with Gasteiger partial charge in [0.1, 0.15) is 15.5 Å². The van der Waals surface area contributed by atoms with Crippen molar-refractivity contribution in [2.75, 3.05) is 18.2 Å². The topological polar surface area (TPSA) is 77.2 Å². The number of carbonyl (C=O) groups is 1. The van der Waals surface area contributed by atoms with Crippen molar-refractivity contribution in [3.63, 3.8) is 0 Å². The molecule has 1 amide bonds. The van der Waals surface area contributed by atoms with Gasteiger partial charge in [-0.1, -0.05) is 0 Å². The maximum atomic E-state index is 12.6. The largest absolute Gasteiger partial charge is 0.497 e. The lowest BCUT2D eigenvalue weighted by Crippen LogP contribution is -2.11. The number of pyridine rings is 1. The standard InChI is InChI=1S/C17H16BrN3O2S/c1-8-12-14(19)15(24-17(12)20-9(2)13(8)18)16(22)21-10-4-6-11(23-3)7-5-10/h4-7H,19H2,1-3H3,(H,21,22). The lowest BCUT2D eigenvalue weighted by atomic mass is 10.1. The second-order valence-electron chi connectivity index (χ2n) is 5.34. The first-order valence-electron chi connectivity index (χ1n) is 7.22. The number of ether oxygens (including phenoxy) is 1. The number of nitrogen functional groups attached to an aromatic ring is 1. The number of amides is 1. The summed E-state index contributed by atoms with van der Waals surface area (Å²) in [5.41, 5.74) is 9.25. The molecule has 0 aliphatic carbocycles. The Kier molecular flexibility index (Phi) is 4.47. The third-order valence-electron chi connectivity index (χ3n) is 3.77. The summed E-state index contributed by atoms with van der Waals surface area (Å²) in [4.78, 5) is 18.3. The summed E-state index contributed by atoms with van der Waals surface area (Å²) in [6.07, 6.45) is 0. The summed E-state index contributed by atoms with van der Waals surface area (Å²) in [5.74, 6) is 0.489. The van der Waals surface area contributed by atoms with Crippen molar-refractivity contribution in [2.45, 2.75) is 13.8 Å². The average Bonchev–Trinajstić information content (AvgIpc) is 2.90. The molecule has 124 valence electrons. The van der Waals surface area contributed by atoms with E-state index >= 15 is 0 Å². The van der Waals surface area contributed by atoms with Crippen molar-refractivity contribution >= 4 is 54.8 Å². The van der Waals surface area contributed by atoms with Gasteiger partial charge in [-0.2, -0.15) is 0 Å². The number of hydrogen-bond acceptors (Lipinski definition) is 5. The van der Waals surface area contributed by atoms with Crippen LogP contribution in [-0.4, -0.2) is 18.0 Å². The molecule has 7 heteroatoms. The van der Waals surface area contributed by atoms with E-state index in [1.165, 1.54) is 11.3 Å². The van der Waals surface area contributed by atoms with E-state index in [-0.39, 0.29) is 5.91 Å². The van der Waals surface area contributed by atoms with Crippen LogP contribution < -0.4 is 15.8 Å². The molecule has 3 rings (SSSR count). The van der Waals surface area contributed by atoms with Crippen molar-refractivity contribution < 1.29 is 9.53 Å². The zero-order chi connectivity index (χ0) is 17.4. The molecular weight excluding hydrogens is 390 g/mol. The van der Waals surface area contributed by atoms with Gasteiger partial charge in [0.05, 0.1) is 18.5 Å². The predicted molar refractivity (Wildman–Crippen MR) is 102 cm³/mol. The number of hydrogen-bond donors (Lipinski definition) is 2. The molecule has 2 heterocycles. The van der Waals surface area contributed by atoms with E-state index in [9.17, 15) is 4.79 Å². The van der Waals surface area contributed by atoms with Crippen LogP contribution in [-0.2, 0) is 0 Å². The number of thiophene rings is 1. The fourth-order valence-corrected chi connectivity index (χ4v) is 3.87. The van der Waals surface area contributed by atoms with Crippen molar-refractivity contribution in [2.24, 2.45) is 0 Å². The van der Waals surface area contributed by atoms with Gasteiger partial charge in [-0.05, 0) is 59.6 Å². The first-order valence-corrected chi connectivity index (χ1v) is 8.83. The molecule has 24 heavy (non-hydrogen) atoms. The van der Waals surface area contributed by atoms with E-state index in [0.29, 0.717) is 16.3 Å². The SMILES string of the molecule is COc1ccc(NC(=O)c2sc3nc(C)c(Br)c(C)c3c2N)cc1.